The number of methoxy groups -OCH3 is 1. The van der Waals surface area contributed by atoms with Gasteiger partial charge < -0.3 is 4.74 Å². The molecule has 0 aliphatic heterocycles. The molecule has 0 saturated heterocycles. The first-order valence-electron chi connectivity index (χ1n) is 5.12. The first kappa shape index (κ1) is 11.8. The SMILES string of the molecule is COc1nccc(NC(=O)Nc2ccn(C)n2)n1. The predicted octanol–water partition coefficient (Wildman–Crippen LogP) is 0.863. The number of rotatable bonds is 3. The number of aromatic nitrogens is 4. The van der Waals surface area contributed by atoms with Crippen molar-refractivity contribution in [3.8, 4) is 6.01 Å². The van der Waals surface area contributed by atoms with Crippen LogP contribution in [0.15, 0.2) is 24.5 Å². The molecule has 0 radical (unpaired) electrons. The van der Waals surface area contributed by atoms with Crippen molar-refractivity contribution >= 4 is 17.7 Å². The van der Waals surface area contributed by atoms with Crippen molar-refractivity contribution in [2.75, 3.05) is 17.7 Å². The van der Waals surface area contributed by atoms with Crippen LogP contribution in [0.2, 0.25) is 0 Å². The summed E-state index contributed by atoms with van der Waals surface area (Å²) in [6.07, 6.45) is 3.21. The molecule has 2 heterocycles. The molecule has 0 spiro atoms. The summed E-state index contributed by atoms with van der Waals surface area (Å²) in [5, 5.41) is 9.12. The minimum absolute atomic E-state index is 0.186. The first-order chi connectivity index (χ1) is 8.67. The number of hydrogen-bond donors (Lipinski definition) is 2. The number of amides is 2. The predicted molar refractivity (Wildman–Crippen MR) is 64.4 cm³/mol. The van der Waals surface area contributed by atoms with Gasteiger partial charge >= 0.3 is 12.0 Å². The van der Waals surface area contributed by atoms with Gasteiger partial charge in [-0.1, -0.05) is 0 Å². The quantitative estimate of drug-likeness (QED) is 0.840. The highest BCUT2D eigenvalue weighted by atomic mass is 16.5. The Morgan fingerprint density at radius 1 is 1.33 bits per heavy atom. The lowest BCUT2D eigenvalue weighted by Gasteiger charge is -2.05. The number of carbonyl (C=O) groups is 1. The highest BCUT2D eigenvalue weighted by Crippen LogP contribution is 2.08. The third kappa shape index (κ3) is 2.94. The van der Waals surface area contributed by atoms with Gasteiger partial charge in [0.25, 0.3) is 0 Å². The molecule has 0 atom stereocenters. The van der Waals surface area contributed by atoms with Gasteiger partial charge in [0.1, 0.15) is 5.82 Å². The number of nitrogens with zero attached hydrogens (tertiary/aromatic N) is 4. The van der Waals surface area contributed by atoms with Gasteiger partial charge in [-0.3, -0.25) is 15.3 Å². The third-order valence-corrected chi connectivity index (χ3v) is 2.01. The van der Waals surface area contributed by atoms with E-state index in [0.29, 0.717) is 11.6 Å². The van der Waals surface area contributed by atoms with Crippen LogP contribution in [0.3, 0.4) is 0 Å². The highest BCUT2D eigenvalue weighted by molar-refractivity contribution is 5.98. The van der Waals surface area contributed by atoms with E-state index in [-0.39, 0.29) is 6.01 Å². The van der Waals surface area contributed by atoms with Crippen LogP contribution in [0.25, 0.3) is 0 Å². The molecule has 0 aliphatic rings. The van der Waals surface area contributed by atoms with E-state index in [1.165, 1.54) is 13.3 Å². The Balaban J connectivity index is 1.98. The minimum Gasteiger partial charge on any atom is -0.467 e. The number of ether oxygens (including phenoxy) is 1. The summed E-state index contributed by atoms with van der Waals surface area (Å²) in [6, 6.07) is 2.99. The van der Waals surface area contributed by atoms with Crippen molar-refractivity contribution in [2.24, 2.45) is 7.05 Å². The lowest BCUT2D eigenvalue weighted by molar-refractivity contribution is 0.262. The molecule has 2 N–H and O–H groups in total. The molecule has 0 aromatic carbocycles. The van der Waals surface area contributed by atoms with Crippen LogP contribution in [0, 0.1) is 0 Å². The van der Waals surface area contributed by atoms with Gasteiger partial charge in [-0.15, -0.1) is 0 Å². The molecule has 2 aromatic heterocycles. The molecule has 2 aromatic rings. The number of anilines is 2. The van der Waals surface area contributed by atoms with E-state index in [2.05, 4.69) is 25.7 Å². The molecule has 0 fully saturated rings. The second-order valence-electron chi connectivity index (χ2n) is 3.38. The van der Waals surface area contributed by atoms with Crippen molar-refractivity contribution in [1.82, 2.24) is 19.7 Å². The summed E-state index contributed by atoms with van der Waals surface area (Å²) >= 11 is 0. The average Bonchev–Trinajstić information content (AvgIpc) is 2.74. The summed E-state index contributed by atoms with van der Waals surface area (Å²) < 4.78 is 6.44. The van der Waals surface area contributed by atoms with Crippen LogP contribution >= 0.6 is 0 Å². The van der Waals surface area contributed by atoms with E-state index in [1.54, 1.807) is 30.1 Å². The van der Waals surface area contributed by atoms with Gasteiger partial charge in [0.15, 0.2) is 5.82 Å². The molecular weight excluding hydrogens is 236 g/mol. The third-order valence-electron chi connectivity index (χ3n) is 2.01. The van der Waals surface area contributed by atoms with E-state index in [9.17, 15) is 4.79 Å². The second kappa shape index (κ2) is 5.13. The average molecular weight is 248 g/mol. The van der Waals surface area contributed by atoms with E-state index >= 15 is 0 Å². The number of carbonyl (C=O) groups excluding carboxylic acids is 1. The Hall–Kier alpha value is -2.64. The molecule has 0 saturated carbocycles. The van der Waals surface area contributed by atoms with Crippen molar-refractivity contribution in [2.45, 2.75) is 0 Å². The van der Waals surface area contributed by atoms with Gasteiger partial charge in [-0.2, -0.15) is 10.1 Å². The molecule has 18 heavy (non-hydrogen) atoms. The Morgan fingerprint density at radius 3 is 2.78 bits per heavy atom. The largest absolute Gasteiger partial charge is 0.467 e. The number of hydrogen-bond acceptors (Lipinski definition) is 5. The van der Waals surface area contributed by atoms with Crippen LogP contribution in [-0.2, 0) is 7.05 Å². The number of urea groups is 1. The van der Waals surface area contributed by atoms with Crippen LogP contribution in [-0.4, -0.2) is 32.9 Å². The van der Waals surface area contributed by atoms with Crippen LogP contribution in [0.4, 0.5) is 16.4 Å². The summed E-state index contributed by atoms with van der Waals surface area (Å²) in [5.41, 5.74) is 0. The van der Waals surface area contributed by atoms with Crippen molar-refractivity contribution in [3.63, 3.8) is 0 Å². The summed E-state index contributed by atoms with van der Waals surface area (Å²) in [7, 11) is 3.21. The van der Waals surface area contributed by atoms with Crippen LogP contribution in [0.5, 0.6) is 6.01 Å². The maximum Gasteiger partial charge on any atom is 0.326 e. The zero-order valence-electron chi connectivity index (χ0n) is 9.91. The summed E-state index contributed by atoms with van der Waals surface area (Å²) in [4.78, 5) is 19.4. The lowest BCUT2D eigenvalue weighted by Crippen LogP contribution is -2.20. The molecule has 2 amide bonds. The normalized spacial score (nSPS) is 9.89. The zero-order chi connectivity index (χ0) is 13.0. The highest BCUT2D eigenvalue weighted by Gasteiger charge is 2.06. The first-order valence-corrected chi connectivity index (χ1v) is 5.12. The standard InChI is InChI=1S/C10H12N6O2/c1-16-6-4-8(15-16)13-9(17)12-7-3-5-11-10(14-7)18-2/h3-6H,1-2H3,(H2,11,12,13,14,15,17). The second-order valence-corrected chi connectivity index (χ2v) is 3.38. The van der Waals surface area contributed by atoms with Gasteiger partial charge in [0.2, 0.25) is 0 Å². The topological polar surface area (TPSA) is 94.0 Å². The maximum atomic E-state index is 11.6. The van der Waals surface area contributed by atoms with Gasteiger partial charge in [0, 0.05) is 25.5 Å². The molecule has 2 rings (SSSR count). The lowest BCUT2D eigenvalue weighted by atomic mass is 10.5. The Morgan fingerprint density at radius 2 is 2.11 bits per heavy atom. The smallest absolute Gasteiger partial charge is 0.326 e. The molecule has 8 heteroatoms. The zero-order valence-corrected chi connectivity index (χ0v) is 9.91. The van der Waals surface area contributed by atoms with E-state index in [4.69, 9.17) is 4.74 Å². The number of aryl methyl sites for hydroxylation is 1. The summed E-state index contributed by atoms with van der Waals surface area (Å²) in [6.45, 7) is 0. The van der Waals surface area contributed by atoms with E-state index in [1.807, 2.05) is 0 Å². The van der Waals surface area contributed by atoms with Gasteiger partial charge in [-0.05, 0) is 6.07 Å². The van der Waals surface area contributed by atoms with Gasteiger partial charge in [0.05, 0.1) is 7.11 Å². The summed E-state index contributed by atoms with van der Waals surface area (Å²) in [5.74, 6) is 0.798. The molecule has 0 aliphatic carbocycles. The van der Waals surface area contributed by atoms with E-state index < -0.39 is 6.03 Å². The van der Waals surface area contributed by atoms with Crippen molar-refractivity contribution in [3.05, 3.63) is 24.5 Å². The Bertz CT molecular complexity index is 553. The Labute approximate surface area is 103 Å². The molecule has 0 unspecified atom stereocenters. The van der Waals surface area contributed by atoms with Crippen LogP contribution in [0.1, 0.15) is 0 Å². The molecule has 8 nitrogen and oxygen atoms in total. The van der Waals surface area contributed by atoms with Crippen molar-refractivity contribution < 1.29 is 9.53 Å². The van der Waals surface area contributed by atoms with E-state index in [0.717, 1.165) is 0 Å². The van der Waals surface area contributed by atoms with Crippen LogP contribution < -0.4 is 15.4 Å². The number of nitrogens with one attached hydrogen (secondary N) is 2. The fourth-order valence-corrected chi connectivity index (χ4v) is 1.25. The molecule has 94 valence electrons. The fraction of sp³-hybridized carbons (Fsp3) is 0.200. The minimum atomic E-state index is -0.436. The molecule has 0 bridgehead atoms. The molecular formula is C10H12N6O2. The van der Waals surface area contributed by atoms with Crippen molar-refractivity contribution in [1.29, 1.82) is 0 Å². The monoisotopic (exact) mass is 248 g/mol. The van der Waals surface area contributed by atoms with Gasteiger partial charge in [-0.25, -0.2) is 9.78 Å². The Kier molecular flexibility index (Phi) is 3.37. The fourth-order valence-electron chi connectivity index (χ4n) is 1.25. The maximum absolute atomic E-state index is 11.6.